The minimum absolute atomic E-state index is 0.241. The molecule has 0 N–H and O–H groups in total. The lowest BCUT2D eigenvalue weighted by molar-refractivity contribution is 1.50. The quantitative estimate of drug-likeness (QED) is 0.663. The molecule has 0 spiro atoms. The van der Waals surface area contributed by atoms with Gasteiger partial charge in [0, 0.05) is 0 Å². The third-order valence-electron chi connectivity index (χ3n) is 2.69. The minimum atomic E-state index is 0.241. The number of hydrogen-bond acceptors (Lipinski definition) is 0. The van der Waals surface area contributed by atoms with E-state index in [4.69, 9.17) is 0 Å². The summed E-state index contributed by atoms with van der Waals surface area (Å²) in [6.45, 7) is 4.39. The summed E-state index contributed by atoms with van der Waals surface area (Å²) in [6.07, 6.45) is 0. The van der Waals surface area contributed by atoms with Crippen molar-refractivity contribution in [2.24, 2.45) is 0 Å². The number of hydrogen-bond donors (Lipinski definition) is 0. The average Bonchev–Trinajstić information content (AvgIpc) is 2.24. The Morgan fingerprint density at radius 2 is 1.07 bits per heavy atom. The molecule has 0 aliphatic rings. The molecule has 0 fully saturated rings. The summed E-state index contributed by atoms with van der Waals surface area (Å²) in [5, 5.41) is 0. The van der Waals surface area contributed by atoms with Gasteiger partial charge in [-0.25, -0.2) is 0 Å². The van der Waals surface area contributed by atoms with Crippen LogP contribution in [0, 0.1) is 13.8 Å². The van der Waals surface area contributed by atoms with Crippen molar-refractivity contribution in [2.45, 2.75) is 13.8 Å². The first-order valence-electron chi connectivity index (χ1n) is 5.23. The topological polar surface area (TPSA) is 0 Å². The van der Waals surface area contributed by atoms with Crippen LogP contribution in [-0.2, 0) is 0 Å². The third-order valence-corrected chi connectivity index (χ3v) is 4.61. The lowest BCUT2D eigenvalue weighted by Crippen LogP contribution is -2.30. The van der Waals surface area contributed by atoms with Gasteiger partial charge in [0.2, 0.25) is 0 Å². The van der Waals surface area contributed by atoms with Crippen LogP contribution in [0.2, 0.25) is 0 Å². The predicted octanol–water partition coefficient (Wildman–Crippen LogP) is 1.96. The van der Waals surface area contributed by atoms with Gasteiger partial charge in [0.15, 0.2) is 0 Å². The van der Waals surface area contributed by atoms with Crippen molar-refractivity contribution in [3.63, 3.8) is 0 Å². The lowest BCUT2D eigenvalue weighted by Gasteiger charge is -2.06. The molecular formula is C14H14Al. The Labute approximate surface area is 97.7 Å². The first kappa shape index (κ1) is 10.5. The summed E-state index contributed by atoms with van der Waals surface area (Å²) in [4.78, 5) is 0. The zero-order chi connectivity index (χ0) is 10.7. The molecule has 0 unspecified atom stereocenters. The van der Waals surface area contributed by atoms with Crippen LogP contribution in [0.3, 0.4) is 0 Å². The summed E-state index contributed by atoms with van der Waals surface area (Å²) in [6, 6.07) is 17.4. The van der Waals surface area contributed by atoms with Crippen molar-refractivity contribution >= 4 is 24.1 Å². The van der Waals surface area contributed by atoms with Gasteiger partial charge in [-0.1, -0.05) is 59.7 Å². The van der Waals surface area contributed by atoms with E-state index < -0.39 is 0 Å². The van der Waals surface area contributed by atoms with Gasteiger partial charge in [-0.2, -0.15) is 0 Å². The monoisotopic (exact) mass is 209 g/mol. The Kier molecular flexibility index (Phi) is 3.26. The molecular weight excluding hydrogens is 195 g/mol. The summed E-state index contributed by atoms with van der Waals surface area (Å²) in [5.74, 6) is 0. The van der Waals surface area contributed by atoms with E-state index in [9.17, 15) is 0 Å². The average molecular weight is 209 g/mol. The molecule has 73 valence electrons. The van der Waals surface area contributed by atoms with Gasteiger partial charge in [0.25, 0.3) is 15.2 Å². The summed E-state index contributed by atoms with van der Waals surface area (Å²) in [7, 11) is 0. The molecule has 0 bridgehead atoms. The smallest absolute Gasteiger partial charge is 0.114 e. The largest absolute Gasteiger partial charge is 0.299 e. The Morgan fingerprint density at radius 3 is 1.47 bits per heavy atom. The maximum atomic E-state index is 2.25. The second-order valence-electron chi connectivity index (χ2n) is 3.86. The van der Waals surface area contributed by atoms with Crippen molar-refractivity contribution in [1.82, 2.24) is 0 Å². The van der Waals surface area contributed by atoms with E-state index >= 15 is 0 Å². The molecule has 0 amide bonds. The van der Waals surface area contributed by atoms with Gasteiger partial charge >= 0.3 is 0 Å². The van der Waals surface area contributed by atoms with Crippen LogP contribution in [0.25, 0.3) is 0 Å². The van der Waals surface area contributed by atoms with Gasteiger partial charge in [0.05, 0.1) is 0 Å². The molecule has 1 radical (unpaired) electrons. The molecule has 0 heterocycles. The van der Waals surface area contributed by atoms with E-state index in [0.717, 1.165) is 0 Å². The van der Waals surface area contributed by atoms with Crippen LogP contribution < -0.4 is 8.85 Å². The van der Waals surface area contributed by atoms with Crippen molar-refractivity contribution in [1.29, 1.82) is 0 Å². The van der Waals surface area contributed by atoms with E-state index in [0.29, 0.717) is 0 Å². The standard InChI is InChI=1S/2C7H7.Al/c2*1-7-5-3-2-4-6-7;/h2*2-5H,1H3;. The second-order valence-corrected chi connectivity index (χ2v) is 5.39. The van der Waals surface area contributed by atoms with Crippen LogP contribution in [0.15, 0.2) is 48.5 Å². The molecule has 2 aromatic carbocycles. The second kappa shape index (κ2) is 4.66. The van der Waals surface area contributed by atoms with Crippen molar-refractivity contribution < 1.29 is 0 Å². The van der Waals surface area contributed by atoms with Crippen LogP contribution in [0.5, 0.6) is 0 Å². The van der Waals surface area contributed by atoms with Crippen LogP contribution in [0.1, 0.15) is 11.1 Å². The van der Waals surface area contributed by atoms with Gasteiger partial charge < -0.3 is 0 Å². The van der Waals surface area contributed by atoms with Gasteiger partial charge in [-0.05, 0) is 13.8 Å². The van der Waals surface area contributed by atoms with Crippen molar-refractivity contribution in [3.05, 3.63) is 59.7 Å². The number of aryl methyl sites for hydroxylation is 2. The molecule has 0 aromatic heterocycles. The zero-order valence-electron chi connectivity index (χ0n) is 9.20. The van der Waals surface area contributed by atoms with Crippen molar-refractivity contribution in [2.75, 3.05) is 0 Å². The predicted molar refractivity (Wildman–Crippen MR) is 67.4 cm³/mol. The summed E-state index contributed by atoms with van der Waals surface area (Å²) >= 11 is 0.241. The van der Waals surface area contributed by atoms with Crippen molar-refractivity contribution in [3.8, 4) is 0 Å². The lowest BCUT2D eigenvalue weighted by atomic mass is 10.2. The molecule has 15 heavy (non-hydrogen) atoms. The highest BCUT2D eigenvalue weighted by Gasteiger charge is 2.04. The molecule has 0 nitrogen and oxygen atoms in total. The fraction of sp³-hybridized carbons (Fsp3) is 0.143. The number of rotatable bonds is 2. The first-order chi connectivity index (χ1) is 7.27. The summed E-state index contributed by atoms with van der Waals surface area (Å²) in [5.41, 5.74) is 2.83. The maximum Gasteiger partial charge on any atom is 0.299 e. The van der Waals surface area contributed by atoms with Gasteiger partial charge in [0.1, 0.15) is 0 Å². The van der Waals surface area contributed by atoms with E-state index in [1.165, 1.54) is 20.0 Å². The fourth-order valence-electron chi connectivity index (χ4n) is 1.67. The SMILES string of the molecule is Cc1cccc[c]1[Al][c]1ccccc1C. The molecule has 0 atom stereocenters. The Balaban J connectivity index is 2.30. The minimum Gasteiger partial charge on any atom is -0.114 e. The molecule has 0 saturated heterocycles. The van der Waals surface area contributed by atoms with Crippen LogP contribution in [0.4, 0.5) is 0 Å². The zero-order valence-corrected chi connectivity index (χ0v) is 10.4. The highest BCUT2D eigenvalue weighted by molar-refractivity contribution is 6.68. The fourth-order valence-corrected chi connectivity index (χ4v) is 3.06. The van der Waals surface area contributed by atoms with E-state index in [-0.39, 0.29) is 15.2 Å². The van der Waals surface area contributed by atoms with E-state index in [2.05, 4.69) is 62.4 Å². The Hall–Kier alpha value is -1.03. The third kappa shape index (κ3) is 2.50. The highest BCUT2D eigenvalue weighted by Crippen LogP contribution is 1.95. The van der Waals surface area contributed by atoms with Crippen LogP contribution in [-0.4, -0.2) is 15.2 Å². The number of benzene rings is 2. The summed E-state index contributed by atoms with van der Waals surface area (Å²) < 4.78 is 3.01. The maximum absolute atomic E-state index is 2.25. The molecule has 0 aliphatic heterocycles. The Morgan fingerprint density at radius 1 is 0.667 bits per heavy atom. The highest BCUT2D eigenvalue weighted by atomic mass is 27.1. The van der Waals surface area contributed by atoms with Gasteiger partial charge in [-0.3, -0.25) is 0 Å². The van der Waals surface area contributed by atoms with Crippen LogP contribution >= 0.6 is 0 Å². The molecule has 0 aliphatic carbocycles. The normalized spacial score (nSPS) is 10.0. The molecule has 1 heteroatoms. The molecule has 0 saturated carbocycles. The first-order valence-corrected chi connectivity index (χ1v) is 6.39. The molecule has 2 aromatic rings. The van der Waals surface area contributed by atoms with E-state index in [1.807, 2.05) is 0 Å². The van der Waals surface area contributed by atoms with Gasteiger partial charge in [-0.15, -0.1) is 8.85 Å². The Bertz CT molecular complexity index is 417. The molecule has 2 rings (SSSR count). The van der Waals surface area contributed by atoms with E-state index in [1.54, 1.807) is 0 Å².